The van der Waals surface area contributed by atoms with E-state index >= 15 is 0 Å². The van der Waals surface area contributed by atoms with Crippen LogP contribution in [0.25, 0.3) is 0 Å². The van der Waals surface area contributed by atoms with Crippen molar-refractivity contribution in [2.45, 2.75) is 31.3 Å². The van der Waals surface area contributed by atoms with Gasteiger partial charge in [-0.1, -0.05) is 73.6 Å². The number of nitrogens with one attached hydrogen (secondary N) is 2. The molecule has 1 amide bonds. The number of H-pyrrole nitrogens is 1. The molecule has 0 aliphatic carbocycles. The Bertz CT molecular complexity index is 986. The van der Waals surface area contributed by atoms with Crippen molar-refractivity contribution in [1.82, 2.24) is 9.97 Å². The third kappa shape index (κ3) is 5.82. The Morgan fingerprint density at radius 2 is 1.86 bits per heavy atom. The highest BCUT2D eigenvalue weighted by Crippen LogP contribution is 2.20. The fourth-order valence-corrected chi connectivity index (χ4v) is 3.56. The number of anilines is 1. The zero-order valence-corrected chi connectivity index (χ0v) is 16.6. The molecule has 0 saturated carbocycles. The number of nitrogens with zero attached hydrogens (tertiary/aromatic N) is 1. The van der Waals surface area contributed by atoms with Gasteiger partial charge in [-0.15, -0.1) is 0 Å². The van der Waals surface area contributed by atoms with Gasteiger partial charge >= 0.3 is 0 Å². The average molecular weight is 394 g/mol. The van der Waals surface area contributed by atoms with Gasteiger partial charge in [0.1, 0.15) is 0 Å². The third-order valence-corrected chi connectivity index (χ3v) is 5.02. The van der Waals surface area contributed by atoms with Gasteiger partial charge in [-0.05, 0) is 30.0 Å². The predicted octanol–water partition coefficient (Wildman–Crippen LogP) is 4.04. The first-order valence-corrected chi connectivity index (χ1v) is 10.3. The molecule has 0 bridgehead atoms. The van der Waals surface area contributed by atoms with Gasteiger partial charge in [0.15, 0.2) is 5.16 Å². The summed E-state index contributed by atoms with van der Waals surface area (Å²) in [5.74, 6) is 0.0483. The molecular formula is C22H23N3O2S. The minimum atomic E-state index is -0.186. The Labute approximate surface area is 168 Å². The normalized spacial score (nSPS) is 10.6. The molecular weight excluding hydrogens is 370 g/mol. The van der Waals surface area contributed by atoms with Gasteiger partial charge in [0.05, 0.1) is 5.75 Å². The fourth-order valence-electron chi connectivity index (χ4n) is 2.87. The van der Waals surface area contributed by atoms with E-state index in [9.17, 15) is 9.59 Å². The maximum Gasteiger partial charge on any atom is 0.251 e. The van der Waals surface area contributed by atoms with Crippen LogP contribution in [-0.2, 0) is 17.6 Å². The van der Waals surface area contributed by atoms with Crippen molar-refractivity contribution in [3.8, 4) is 0 Å². The smallest absolute Gasteiger partial charge is 0.251 e. The number of thioether (sulfide) groups is 1. The van der Waals surface area contributed by atoms with E-state index in [0.717, 1.165) is 36.2 Å². The summed E-state index contributed by atoms with van der Waals surface area (Å²) >= 11 is 1.23. The summed E-state index contributed by atoms with van der Waals surface area (Å²) in [7, 11) is 0. The van der Waals surface area contributed by atoms with Crippen molar-refractivity contribution in [2.75, 3.05) is 11.1 Å². The number of amides is 1. The molecule has 2 N–H and O–H groups in total. The number of rotatable bonds is 8. The second-order valence-corrected chi connectivity index (χ2v) is 7.41. The van der Waals surface area contributed by atoms with Crippen molar-refractivity contribution in [3.05, 3.63) is 87.8 Å². The second-order valence-electron chi connectivity index (χ2n) is 6.45. The third-order valence-electron chi connectivity index (χ3n) is 4.15. The molecule has 5 nitrogen and oxygen atoms in total. The zero-order chi connectivity index (χ0) is 19.8. The molecule has 0 aliphatic rings. The fraction of sp³-hybridized carbons (Fsp3) is 0.227. The molecule has 0 aliphatic heterocycles. The minimum absolute atomic E-state index is 0.131. The lowest BCUT2D eigenvalue weighted by Crippen LogP contribution is -2.17. The monoisotopic (exact) mass is 393 g/mol. The highest BCUT2D eigenvalue weighted by molar-refractivity contribution is 7.99. The molecule has 0 atom stereocenters. The van der Waals surface area contributed by atoms with Crippen LogP contribution in [-0.4, -0.2) is 21.6 Å². The van der Waals surface area contributed by atoms with Crippen LogP contribution in [0.4, 0.5) is 5.69 Å². The molecule has 2 aromatic carbocycles. The maximum atomic E-state index is 12.4. The lowest BCUT2D eigenvalue weighted by molar-refractivity contribution is -0.113. The first-order chi connectivity index (χ1) is 13.6. The summed E-state index contributed by atoms with van der Waals surface area (Å²) in [5.41, 5.74) is 3.62. The maximum absolute atomic E-state index is 12.4. The summed E-state index contributed by atoms with van der Waals surface area (Å²) in [6.07, 6.45) is 2.41. The number of aromatic nitrogens is 2. The van der Waals surface area contributed by atoms with Gasteiger partial charge in [0, 0.05) is 17.4 Å². The van der Waals surface area contributed by atoms with Gasteiger partial charge in [-0.25, -0.2) is 4.98 Å². The van der Waals surface area contributed by atoms with E-state index in [-0.39, 0.29) is 17.2 Å². The molecule has 0 spiro atoms. The molecule has 1 aromatic heterocycles. The Balaban J connectivity index is 1.63. The van der Waals surface area contributed by atoms with E-state index in [4.69, 9.17) is 0 Å². The first-order valence-electron chi connectivity index (χ1n) is 9.28. The van der Waals surface area contributed by atoms with Crippen LogP contribution in [0.2, 0.25) is 0 Å². The Morgan fingerprint density at radius 1 is 1.11 bits per heavy atom. The van der Waals surface area contributed by atoms with E-state index in [1.54, 1.807) is 0 Å². The van der Waals surface area contributed by atoms with Crippen molar-refractivity contribution in [3.63, 3.8) is 0 Å². The zero-order valence-electron chi connectivity index (χ0n) is 15.8. The molecule has 144 valence electrons. The Morgan fingerprint density at radius 3 is 2.64 bits per heavy atom. The number of aromatic amines is 1. The van der Waals surface area contributed by atoms with Crippen molar-refractivity contribution < 1.29 is 4.79 Å². The molecule has 28 heavy (non-hydrogen) atoms. The van der Waals surface area contributed by atoms with Crippen LogP contribution in [0.15, 0.2) is 70.6 Å². The van der Waals surface area contributed by atoms with Crippen molar-refractivity contribution in [1.29, 1.82) is 0 Å². The highest BCUT2D eigenvalue weighted by Gasteiger charge is 2.09. The summed E-state index contributed by atoms with van der Waals surface area (Å²) in [6.45, 7) is 2.04. The highest BCUT2D eigenvalue weighted by atomic mass is 32.2. The predicted molar refractivity (Wildman–Crippen MR) is 114 cm³/mol. The van der Waals surface area contributed by atoms with E-state index in [1.807, 2.05) is 49.4 Å². The molecule has 0 saturated heterocycles. The average Bonchev–Trinajstić information content (AvgIpc) is 2.69. The SMILES string of the molecule is CCCc1cc(=O)[nH]c(SCC(=O)Nc2ccccc2Cc2ccccc2)n1. The van der Waals surface area contributed by atoms with Gasteiger partial charge in [-0.3, -0.25) is 9.59 Å². The summed E-state index contributed by atoms with van der Waals surface area (Å²) < 4.78 is 0. The number of para-hydroxylation sites is 1. The Hall–Kier alpha value is -2.86. The lowest BCUT2D eigenvalue weighted by Gasteiger charge is -2.11. The van der Waals surface area contributed by atoms with Crippen LogP contribution in [0.1, 0.15) is 30.2 Å². The van der Waals surface area contributed by atoms with Gasteiger partial charge in [0.25, 0.3) is 5.56 Å². The molecule has 0 radical (unpaired) electrons. The lowest BCUT2D eigenvalue weighted by atomic mass is 10.0. The molecule has 0 fully saturated rings. The summed E-state index contributed by atoms with van der Waals surface area (Å²) in [4.78, 5) is 31.3. The number of benzene rings is 2. The number of hydrogen-bond acceptors (Lipinski definition) is 4. The second kappa shape index (κ2) is 9.90. The van der Waals surface area contributed by atoms with Crippen LogP contribution in [0, 0.1) is 0 Å². The minimum Gasteiger partial charge on any atom is -0.325 e. The first kappa shape index (κ1) is 19.9. The van der Waals surface area contributed by atoms with E-state index in [2.05, 4.69) is 27.4 Å². The largest absolute Gasteiger partial charge is 0.325 e. The quantitative estimate of drug-likeness (QED) is 0.447. The topological polar surface area (TPSA) is 74.8 Å². The Kier molecular flexibility index (Phi) is 7.03. The van der Waals surface area contributed by atoms with E-state index in [0.29, 0.717) is 5.16 Å². The van der Waals surface area contributed by atoms with E-state index < -0.39 is 0 Å². The van der Waals surface area contributed by atoms with Crippen LogP contribution >= 0.6 is 11.8 Å². The van der Waals surface area contributed by atoms with Crippen LogP contribution in [0.5, 0.6) is 0 Å². The van der Waals surface area contributed by atoms with Gasteiger partial charge in [0.2, 0.25) is 5.91 Å². The number of aryl methyl sites for hydroxylation is 1. The summed E-state index contributed by atoms with van der Waals surface area (Å²) in [5, 5.41) is 3.45. The standard InChI is InChI=1S/C22H23N3O2S/c1-2-8-18-14-20(26)25-22(23-18)28-15-21(27)24-19-12-7-6-11-17(19)13-16-9-4-3-5-10-16/h3-7,9-12,14H,2,8,13,15H2,1H3,(H,24,27)(H,23,25,26). The number of carbonyl (C=O) groups is 1. The van der Waals surface area contributed by atoms with E-state index in [1.165, 1.54) is 23.4 Å². The number of hydrogen-bond donors (Lipinski definition) is 2. The van der Waals surface area contributed by atoms with Gasteiger partial charge < -0.3 is 10.3 Å². The van der Waals surface area contributed by atoms with Crippen LogP contribution < -0.4 is 10.9 Å². The summed E-state index contributed by atoms with van der Waals surface area (Å²) in [6, 6.07) is 19.4. The van der Waals surface area contributed by atoms with Crippen molar-refractivity contribution in [2.24, 2.45) is 0 Å². The molecule has 3 rings (SSSR count). The van der Waals surface area contributed by atoms with Crippen molar-refractivity contribution >= 4 is 23.4 Å². The molecule has 6 heteroatoms. The molecule has 0 unspecified atom stereocenters. The molecule has 1 heterocycles. The van der Waals surface area contributed by atoms with Gasteiger partial charge in [-0.2, -0.15) is 0 Å². The van der Waals surface area contributed by atoms with Crippen LogP contribution in [0.3, 0.4) is 0 Å². The number of carbonyl (C=O) groups excluding carboxylic acids is 1. The molecule has 3 aromatic rings.